The van der Waals surface area contributed by atoms with Crippen molar-refractivity contribution < 1.29 is 19.1 Å². The molecule has 1 aromatic heterocycles. The van der Waals surface area contributed by atoms with Crippen LogP contribution in [0.5, 0.6) is 5.75 Å². The van der Waals surface area contributed by atoms with Crippen molar-refractivity contribution in [2.24, 2.45) is 0 Å². The summed E-state index contributed by atoms with van der Waals surface area (Å²) in [4.78, 5) is 45.7. The molecule has 0 aliphatic rings. The molecule has 51 heavy (non-hydrogen) atoms. The van der Waals surface area contributed by atoms with E-state index in [1.807, 2.05) is 66.0 Å². The molecule has 1 heterocycles. The Balaban J connectivity index is 1.17. The van der Waals surface area contributed by atoms with Gasteiger partial charge >= 0.3 is 0 Å². The lowest BCUT2D eigenvalue weighted by molar-refractivity contribution is -0.116. The van der Waals surface area contributed by atoms with Gasteiger partial charge < -0.3 is 20.7 Å². The molecule has 0 bridgehead atoms. The molecule has 0 aliphatic heterocycles. The molecule has 8 nitrogen and oxygen atoms in total. The van der Waals surface area contributed by atoms with Crippen LogP contribution in [-0.2, 0) is 9.59 Å². The lowest BCUT2D eigenvalue weighted by atomic mass is 10.1. The molecule has 0 aliphatic carbocycles. The minimum Gasteiger partial charge on any atom is -0.497 e. The highest BCUT2D eigenvalue weighted by Crippen LogP contribution is 2.37. The minimum absolute atomic E-state index is 0.0645. The van der Waals surface area contributed by atoms with Gasteiger partial charge in [-0.25, -0.2) is 4.98 Å². The highest BCUT2D eigenvalue weighted by molar-refractivity contribution is 8.00. The molecular weight excluding hydrogens is 700 g/mol. The summed E-state index contributed by atoms with van der Waals surface area (Å²) < 4.78 is 5.24. The summed E-state index contributed by atoms with van der Waals surface area (Å²) in [5.41, 5.74) is 4.17. The Morgan fingerprint density at radius 3 is 2.14 bits per heavy atom. The number of methoxy groups -OCH3 is 1. The number of aromatic nitrogens is 1. The van der Waals surface area contributed by atoms with Crippen molar-refractivity contribution >= 4 is 69.3 Å². The van der Waals surface area contributed by atoms with E-state index in [0.717, 1.165) is 21.7 Å². The van der Waals surface area contributed by atoms with E-state index in [2.05, 4.69) is 20.9 Å². The average Bonchev–Trinajstić information content (AvgIpc) is 3.63. The summed E-state index contributed by atoms with van der Waals surface area (Å²) in [6, 6.07) is 39.9. The van der Waals surface area contributed by atoms with Gasteiger partial charge in [0.05, 0.1) is 12.8 Å². The van der Waals surface area contributed by atoms with E-state index in [9.17, 15) is 14.4 Å². The number of thiazole rings is 1. The fourth-order valence-corrected chi connectivity index (χ4v) is 6.79. The van der Waals surface area contributed by atoms with Gasteiger partial charge in [-0.15, -0.1) is 23.1 Å². The van der Waals surface area contributed by atoms with E-state index in [4.69, 9.17) is 16.3 Å². The number of thioether (sulfide) groups is 1. The number of hydrogen-bond acceptors (Lipinski definition) is 7. The number of nitrogens with one attached hydrogen (secondary N) is 3. The number of carbonyl (C=O) groups is 3. The van der Waals surface area contributed by atoms with E-state index in [0.29, 0.717) is 32.7 Å². The third-order valence-corrected chi connectivity index (χ3v) is 9.81. The Morgan fingerprint density at radius 1 is 0.804 bits per heavy atom. The van der Waals surface area contributed by atoms with Crippen molar-refractivity contribution in [3.8, 4) is 17.0 Å². The fourth-order valence-electron chi connectivity index (χ4n) is 4.92. The second kappa shape index (κ2) is 16.8. The zero-order chi connectivity index (χ0) is 35.6. The van der Waals surface area contributed by atoms with Crippen molar-refractivity contribution in [3.63, 3.8) is 0 Å². The molecule has 0 spiro atoms. The van der Waals surface area contributed by atoms with Crippen LogP contribution in [0.4, 0.5) is 10.8 Å². The standard InChI is InChI=1S/C40H31ClN4O4S2/c1-49-32-20-12-26(13-21-32)24-34(43-37(46)29-10-6-3-7-11-29)38(47)42-31-18-22-33(23-19-31)51-36(28-8-4-2-5-9-28)39(48)45-40-44-35(25-50-40)27-14-16-30(41)17-15-27/h2-25,36H,1H3,(H,42,47)(H,43,46)(H,44,45,48)/b34-24-. The van der Waals surface area contributed by atoms with E-state index in [1.54, 1.807) is 86.0 Å². The molecule has 0 saturated carbocycles. The van der Waals surface area contributed by atoms with Crippen molar-refractivity contribution in [2.75, 3.05) is 17.7 Å². The van der Waals surface area contributed by atoms with Crippen LogP contribution in [0, 0.1) is 0 Å². The van der Waals surface area contributed by atoms with Gasteiger partial charge in [0, 0.05) is 32.1 Å². The number of anilines is 2. The molecule has 5 aromatic carbocycles. The zero-order valence-electron chi connectivity index (χ0n) is 27.2. The van der Waals surface area contributed by atoms with Gasteiger partial charge in [0.2, 0.25) is 5.91 Å². The van der Waals surface area contributed by atoms with Crippen LogP contribution in [-0.4, -0.2) is 29.8 Å². The summed E-state index contributed by atoms with van der Waals surface area (Å²) >= 11 is 8.76. The monoisotopic (exact) mass is 730 g/mol. The lowest BCUT2D eigenvalue weighted by Gasteiger charge is -2.17. The van der Waals surface area contributed by atoms with Crippen molar-refractivity contribution in [1.29, 1.82) is 0 Å². The van der Waals surface area contributed by atoms with Gasteiger partial charge in [-0.2, -0.15) is 0 Å². The molecule has 0 radical (unpaired) electrons. The largest absolute Gasteiger partial charge is 0.497 e. The number of hydrogen-bond donors (Lipinski definition) is 3. The van der Waals surface area contributed by atoms with E-state index in [1.165, 1.54) is 23.1 Å². The molecule has 3 N–H and O–H groups in total. The first-order valence-electron chi connectivity index (χ1n) is 15.7. The predicted octanol–water partition coefficient (Wildman–Crippen LogP) is 9.35. The van der Waals surface area contributed by atoms with Crippen LogP contribution in [0.2, 0.25) is 5.02 Å². The highest BCUT2D eigenvalue weighted by Gasteiger charge is 2.24. The maximum atomic E-state index is 13.7. The zero-order valence-corrected chi connectivity index (χ0v) is 29.6. The summed E-state index contributed by atoms with van der Waals surface area (Å²) in [6.45, 7) is 0. The van der Waals surface area contributed by atoms with Crippen molar-refractivity contribution in [2.45, 2.75) is 10.1 Å². The van der Waals surface area contributed by atoms with E-state index >= 15 is 0 Å². The Labute approximate surface area is 308 Å². The molecule has 0 saturated heterocycles. The molecule has 3 amide bonds. The van der Waals surface area contributed by atoms with Crippen LogP contribution < -0.4 is 20.7 Å². The summed E-state index contributed by atoms with van der Waals surface area (Å²) in [5.74, 6) is -0.467. The summed E-state index contributed by atoms with van der Waals surface area (Å²) in [7, 11) is 1.58. The molecule has 6 aromatic rings. The first-order chi connectivity index (χ1) is 24.8. The second-order valence-corrected chi connectivity index (χ2v) is 13.5. The first-order valence-corrected chi connectivity index (χ1v) is 17.9. The molecule has 6 rings (SSSR count). The van der Waals surface area contributed by atoms with Crippen molar-refractivity contribution in [1.82, 2.24) is 10.3 Å². The van der Waals surface area contributed by atoms with E-state index in [-0.39, 0.29) is 11.6 Å². The second-order valence-electron chi connectivity index (χ2n) is 11.1. The van der Waals surface area contributed by atoms with E-state index < -0.39 is 17.1 Å². The highest BCUT2D eigenvalue weighted by atomic mass is 35.5. The molecule has 0 fully saturated rings. The molecule has 1 unspecified atom stereocenters. The predicted molar refractivity (Wildman–Crippen MR) is 206 cm³/mol. The minimum atomic E-state index is -0.582. The van der Waals surface area contributed by atoms with Gasteiger partial charge in [0.15, 0.2) is 5.13 Å². The SMILES string of the molecule is COc1ccc(/C=C(\NC(=O)c2ccccc2)C(=O)Nc2ccc(SC(C(=O)Nc3nc(-c4ccc(Cl)cc4)cs3)c3ccccc3)cc2)cc1. The van der Waals surface area contributed by atoms with Crippen molar-refractivity contribution in [3.05, 3.63) is 166 Å². The number of rotatable bonds is 12. The van der Waals surface area contributed by atoms with Gasteiger partial charge in [-0.1, -0.05) is 84.4 Å². The van der Waals surface area contributed by atoms with Gasteiger partial charge in [0.1, 0.15) is 16.7 Å². The number of carbonyl (C=O) groups excluding carboxylic acids is 3. The average molecular weight is 731 g/mol. The Hall–Kier alpha value is -5.68. The van der Waals surface area contributed by atoms with Crippen LogP contribution in [0.1, 0.15) is 26.7 Å². The first kappa shape index (κ1) is 35.2. The third-order valence-electron chi connectivity index (χ3n) is 7.54. The van der Waals surface area contributed by atoms with Crippen LogP contribution in [0.3, 0.4) is 0 Å². The molecular formula is C40H31ClN4O4S2. The van der Waals surface area contributed by atoms with Gasteiger partial charge in [0.25, 0.3) is 11.8 Å². The molecule has 11 heteroatoms. The quantitative estimate of drug-likeness (QED) is 0.0856. The van der Waals surface area contributed by atoms with Crippen LogP contribution in [0.25, 0.3) is 17.3 Å². The van der Waals surface area contributed by atoms with Gasteiger partial charge in [-0.3, -0.25) is 14.4 Å². The fraction of sp³-hybridized carbons (Fsp3) is 0.0500. The normalized spacial score (nSPS) is 11.7. The molecule has 254 valence electrons. The number of nitrogens with zero attached hydrogens (tertiary/aromatic N) is 1. The third kappa shape index (κ3) is 9.52. The number of benzene rings is 5. The van der Waals surface area contributed by atoms with Gasteiger partial charge in [-0.05, 0) is 77.9 Å². The Bertz CT molecular complexity index is 2140. The van der Waals surface area contributed by atoms with Crippen LogP contribution in [0.15, 0.2) is 149 Å². The maximum absolute atomic E-state index is 13.7. The summed E-state index contributed by atoms with van der Waals surface area (Å²) in [5, 5.41) is 11.0. The smallest absolute Gasteiger partial charge is 0.272 e. The lowest BCUT2D eigenvalue weighted by Crippen LogP contribution is -2.30. The number of halogens is 1. The Kier molecular flexibility index (Phi) is 11.6. The maximum Gasteiger partial charge on any atom is 0.272 e. The Morgan fingerprint density at radius 2 is 1.47 bits per heavy atom. The topological polar surface area (TPSA) is 109 Å². The summed E-state index contributed by atoms with van der Waals surface area (Å²) in [6.07, 6.45) is 1.60. The van der Waals surface area contributed by atoms with Crippen LogP contribution >= 0.6 is 34.7 Å². The number of amides is 3. The number of ether oxygens (including phenoxy) is 1. The molecule has 1 atom stereocenters.